The van der Waals surface area contributed by atoms with Crippen molar-refractivity contribution in [2.24, 2.45) is 0 Å². The molecule has 0 saturated carbocycles. The van der Waals surface area contributed by atoms with Crippen LogP contribution in [0.3, 0.4) is 0 Å². The zero-order chi connectivity index (χ0) is 35.1. The first kappa shape index (κ1) is 41.8. The standard InChI is InChI=1S/3C12H8O4.2Ce/c3*13-11(14)9-5-7-3-1-2-4-8(7)6-10(9)12(15)16;;/h3*1-6H,(H,13,14)(H,15,16);;/q;;;2*+3/p-6. The van der Waals surface area contributed by atoms with E-state index in [2.05, 4.69) is 0 Å². The zero-order valence-corrected chi connectivity index (χ0v) is 31.6. The first-order chi connectivity index (χ1) is 22.8. The van der Waals surface area contributed by atoms with E-state index in [1.54, 1.807) is 72.8 Å². The number of carboxylic acid groups (broad SMARTS) is 6. The molecule has 0 aliphatic rings. The zero-order valence-electron chi connectivity index (χ0n) is 25.3. The Morgan fingerprint density at radius 1 is 0.280 bits per heavy atom. The van der Waals surface area contributed by atoms with Crippen LogP contribution in [0.15, 0.2) is 109 Å². The maximum Gasteiger partial charge on any atom is 3.00 e. The van der Waals surface area contributed by atoms with Gasteiger partial charge in [0.05, 0.1) is 35.8 Å². The van der Waals surface area contributed by atoms with Crippen molar-refractivity contribution in [2.45, 2.75) is 0 Å². The SMILES string of the molecule is O=C([O-])c1cc2ccccc2cc1C(=O)[O-].O=C([O-])c1cc2ccccc2cc1C(=O)[O-].O=C([O-])c1cc2ccccc2cc1C(=O)[O-].[Ce+3].[Ce+3]. The molecular formula is C36H18Ce2O12. The number of benzene rings is 6. The number of hydrogen-bond donors (Lipinski definition) is 0. The molecule has 0 heterocycles. The second kappa shape index (κ2) is 18.6. The monoisotopic (exact) mass is 922 g/mol. The minimum absolute atomic E-state index is 0. The number of hydrogen-bond acceptors (Lipinski definition) is 12. The van der Waals surface area contributed by atoms with Crippen LogP contribution in [0.4, 0.5) is 0 Å². The van der Waals surface area contributed by atoms with Crippen LogP contribution in [-0.4, -0.2) is 35.8 Å². The molecule has 0 N–H and O–H groups in total. The number of fused-ring (bicyclic) bond motifs is 3. The summed E-state index contributed by atoms with van der Waals surface area (Å²) in [4.78, 5) is 64.6. The Morgan fingerprint density at radius 2 is 0.400 bits per heavy atom. The number of rotatable bonds is 6. The van der Waals surface area contributed by atoms with Crippen LogP contribution in [0.5, 0.6) is 0 Å². The van der Waals surface area contributed by atoms with Gasteiger partial charge >= 0.3 is 83.5 Å². The van der Waals surface area contributed by atoms with Gasteiger partial charge < -0.3 is 59.4 Å². The minimum atomic E-state index is -1.52. The summed E-state index contributed by atoms with van der Waals surface area (Å²) in [5.41, 5.74) is -2.17. The predicted octanol–water partition coefficient (Wildman–Crippen LogP) is -1.30. The summed E-state index contributed by atoms with van der Waals surface area (Å²) in [6.07, 6.45) is 0. The molecule has 6 aromatic carbocycles. The van der Waals surface area contributed by atoms with Gasteiger partial charge in [-0.05, 0) is 68.7 Å². The number of carbonyl (C=O) groups is 6. The normalized spacial score (nSPS) is 9.84. The number of carboxylic acids is 6. The topological polar surface area (TPSA) is 241 Å². The summed E-state index contributed by atoms with van der Waals surface area (Å²) < 4.78 is 0. The second-order valence-corrected chi connectivity index (χ2v) is 9.96. The van der Waals surface area contributed by atoms with E-state index in [0.29, 0.717) is 32.3 Å². The van der Waals surface area contributed by atoms with Gasteiger partial charge in [0.2, 0.25) is 0 Å². The van der Waals surface area contributed by atoms with Crippen LogP contribution >= 0.6 is 0 Å². The first-order valence-electron chi connectivity index (χ1n) is 13.6. The molecule has 6 rings (SSSR count). The molecule has 0 aromatic heterocycles. The third kappa shape index (κ3) is 10.1. The van der Waals surface area contributed by atoms with E-state index >= 15 is 0 Å². The Bertz CT molecular complexity index is 1870. The molecule has 6 aromatic rings. The van der Waals surface area contributed by atoms with Crippen molar-refractivity contribution in [3.05, 3.63) is 143 Å². The molecule has 0 saturated heterocycles. The van der Waals surface area contributed by atoms with Crippen molar-refractivity contribution < 1.29 is 143 Å². The molecule has 242 valence electrons. The average molecular weight is 923 g/mol. The van der Waals surface area contributed by atoms with Gasteiger partial charge in [-0.1, -0.05) is 72.8 Å². The van der Waals surface area contributed by atoms with Gasteiger partial charge in [0.15, 0.2) is 0 Å². The van der Waals surface area contributed by atoms with Crippen LogP contribution in [0, 0.1) is 83.5 Å². The van der Waals surface area contributed by atoms with Crippen LogP contribution in [0.2, 0.25) is 0 Å². The third-order valence-corrected chi connectivity index (χ3v) is 6.98. The molecule has 2 radical (unpaired) electrons. The molecule has 0 bridgehead atoms. The van der Waals surface area contributed by atoms with Crippen LogP contribution in [-0.2, 0) is 0 Å². The maximum atomic E-state index is 10.8. The number of carbonyl (C=O) groups excluding carboxylic acids is 6. The van der Waals surface area contributed by atoms with Crippen molar-refractivity contribution in [3.63, 3.8) is 0 Å². The molecule has 0 spiro atoms. The smallest absolute Gasteiger partial charge is 0.545 e. The summed E-state index contributed by atoms with van der Waals surface area (Å²) in [5.74, 6) is -9.14. The molecule has 0 fully saturated rings. The Balaban J connectivity index is 0.000000255. The summed E-state index contributed by atoms with van der Waals surface area (Å²) in [6, 6.07) is 28.2. The van der Waals surface area contributed by atoms with E-state index < -0.39 is 35.8 Å². The van der Waals surface area contributed by atoms with Crippen LogP contribution in [0.1, 0.15) is 62.1 Å². The molecule has 0 atom stereocenters. The summed E-state index contributed by atoms with van der Waals surface area (Å²) >= 11 is 0. The largest absolute Gasteiger partial charge is 3.00 e. The maximum absolute atomic E-state index is 10.8. The van der Waals surface area contributed by atoms with Crippen molar-refractivity contribution in [2.75, 3.05) is 0 Å². The Labute approximate surface area is 349 Å². The third-order valence-electron chi connectivity index (χ3n) is 6.98. The van der Waals surface area contributed by atoms with E-state index in [9.17, 15) is 59.4 Å². The van der Waals surface area contributed by atoms with E-state index in [0.717, 1.165) is 0 Å². The summed E-state index contributed by atoms with van der Waals surface area (Å²) in [6.45, 7) is 0. The molecule has 0 aliphatic carbocycles. The molecule has 12 nitrogen and oxygen atoms in total. The Hall–Kier alpha value is -4.33. The summed E-state index contributed by atoms with van der Waals surface area (Å²) in [5, 5.41) is 68.5. The van der Waals surface area contributed by atoms with E-state index in [1.807, 2.05) is 0 Å². The van der Waals surface area contributed by atoms with Gasteiger partial charge in [-0.25, -0.2) is 0 Å². The molecule has 0 amide bonds. The second-order valence-electron chi connectivity index (χ2n) is 9.96. The van der Waals surface area contributed by atoms with E-state index in [-0.39, 0.29) is 117 Å². The fourth-order valence-corrected chi connectivity index (χ4v) is 4.73. The van der Waals surface area contributed by atoms with Gasteiger partial charge in [-0.2, -0.15) is 0 Å². The van der Waals surface area contributed by atoms with Gasteiger partial charge in [-0.15, -0.1) is 0 Å². The quantitative estimate of drug-likeness (QED) is 0.190. The van der Waals surface area contributed by atoms with Crippen LogP contribution < -0.4 is 30.6 Å². The van der Waals surface area contributed by atoms with Crippen molar-refractivity contribution in [1.29, 1.82) is 0 Å². The Kier molecular flexibility index (Phi) is 15.6. The van der Waals surface area contributed by atoms with E-state index in [4.69, 9.17) is 0 Å². The average Bonchev–Trinajstić information content (AvgIpc) is 3.06. The van der Waals surface area contributed by atoms with Crippen molar-refractivity contribution in [3.8, 4) is 0 Å². The fourth-order valence-electron chi connectivity index (χ4n) is 4.73. The molecule has 0 unspecified atom stereocenters. The minimum Gasteiger partial charge on any atom is -0.545 e. The van der Waals surface area contributed by atoms with Gasteiger partial charge in [0.1, 0.15) is 0 Å². The molecule has 14 heteroatoms. The van der Waals surface area contributed by atoms with E-state index in [1.165, 1.54) is 36.4 Å². The molecule has 50 heavy (non-hydrogen) atoms. The van der Waals surface area contributed by atoms with Gasteiger partial charge in [0, 0.05) is 33.4 Å². The Morgan fingerprint density at radius 3 is 0.500 bits per heavy atom. The van der Waals surface area contributed by atoms with Gasteiger partial charge in [0.25, 0.3) is 0 Å². The van der Waals surface area contributed by atoms with Crippen LogP contribution in [0.25, 0.3) is 32.3 Å². The van der Waals surface area contributed by atoms with Crippen molar-refractivity contribution in [1.82, 2.24) is 0 Å². The first-order valence-corrected chi connectivity index (χ1v) is 13.6. The fraction of sp³-hybridized carbons (Fsp3) is 0. The predicted molar refractivity (Wildman–Crippen MR) is 158 cm³/mol. The van der Waals surface area contributed by atoms with Gasteiger partial charge in [-0.3, -0.25) is 0 Å². The summed E-state index contributed by atoms with van der Waals surface area (Å²) in [7, 11) is 0. The molecular weight excluding hydrogens is 905 g/mol. The number of aromatic carboxylic acids is 6. The van der Waals surface area contributed by atoms with Crippen molar-refractivity contribution >= 4 is 68.1 Å². The molecule has 0 aliphatic heterocycles.